The fourth-order valence-electron chi connectivity index (χ4n) is 2.83. The molecule has 0 spiro atoms. The Morgan fingerprint density at radius 3 is 2.60 bits per heavy atom. The van der Waals surface area contributed by atoms with Crippen molar-refractivity contribution >= 4 is 16.8 Å². The molecule has 2 nitrogen and oxygen atoms in total. The van der Waals surface area contributed by atoms with Crippen molar-refractivity contribution < 1.29 is 9.21 Å². The molecule has 0 saturated heterocycles. The van der Waals surface area contributed by atoms with E-state index in [1.54, 1.807) is 0 Å². The highest BCUT2D eigenvalue weighted by atomic mass is 16.3. The summed E-state index contributed by atoms with van der Waals surface area (Å²) in [5, 5.41) is 1.01. The third kappa shape index (κ3) is 3.72. The van der Waals surface area contributed by atoms with Gasteiger partial charge in [0.15, 0.2) is 11.5 Å². The Morgan fingerprint density at radius 1 is 1.25 bits per heavy atom. The molecule has 1 unspecified atom stereocenters. The SMILES string of the molecule is Cc1ccc2oc(C(=O)CC(C)CC(C)(C)C)cc2c1. The molecule has 0 aliphatic carbocycles. The van der Waals surface area contributed by atoms with Gasteiger partial charge >= 0.3 is 0 Å². The zero-order chi connectivity index (χ0) is 14.9. The van der Waals surface area contributed by atoms with Gasteiger partial charge in [-0.1, -0.05) is 39.3 Å². The predicted molar refractivity (Wildman–Crippen MR) is 83.1 cm³/mol. The molecular weight excluding hydrogens is 248 g/mol. The summed E-state index contributed by atoms with van der Waals surface area (Å²) in [6, 6.07) is 7.85. The van der Waals surface area contributed by atoms with Gasteiger partial charge in [-0.15, -0.1) is 0 Å². The molecule has 2 heteroatoms. The zero-order valence-electron chi connectivity index (χ0n) is 13.1. The molecule has 0 N–H and O–H groups in total. The summed E-state index contributed by atoms with van der Waals surface area (Å²) in [5.41, 5.74) is 2.23. The van der Waals surface area contributed by atoms with Gasteiger partial charge in [0.05, 0.1) is 0 Å². The summed E-state index contributed by atoms with van der Waals surface area (Å²) in [7, 11) is 0. The van der Waals surface area contributed by atoms with E-state index in [4.69, 9.17) is 4.42 Å². The number of carbonyl (C=O) groups is 1. The first-order valence-corrected chi connectivity index (χ1v) is 7.28. The smallest absolute Gasteiger partial charge is 0.198 e. The summed E-state index contributed by atoms with van der Waals surface area (Å²) in [6.45, 7) is 10.8. The van der Waals surface area contributed by atoms with Crippen molar-refractivity contribution in [1.82, 2.24) is 0 Å². The standard InChI is InChI=1S/C18H24O2/c1-12-6-7-16-14(8-12)10-17(20-16)15(19)9-13(2)11-18(3,4)5/h6-8,10,13H,9,11H2,1-5H3. The largest absolute Gasteiger partial charge is 0.453 e. The van der Waals surface area contributed by atoms with Crippen LogP contribution < -0.4 is 0 Å². The maximum absolute atomic E-state index is 12.3. The van der Waals surface area contributed by atoms with Crippen molar-refractivity contribution in [2.45, 2.75) is 47.5 Å². The van der Waals surface area contributed by atoms with Gasteiger partial charge in [0, 0.05) is 11.8 Å². The molecule has 0 aliphatic rings. The minimum Gasteiger partial charge on any atom is -0.453 e. The lowest BCUT2D eigenvalue weighted by atomic mass is 9.83. The minimum absolute atomic E-state index is 0.107. The van der Waals surface area contributed by atoms with Crippen LogP contribution >= 0.6 is 0 Å². The van der Waals surface area contributed by atoms with E-state index in [9.17, 15) is 4.79 Å². The molecule has 0 saturated carbocycles. The highest BCUT2D eigenvalue weighted by Gasteiger charge is 2.20. The number of ketones is 1. The molecule has 1 aromatic carbocycles. The summed E-state index contributed by atoms with van der Waals surface area (Å²) >= 11 is 0. The van der Waals surface area contributed by atoms with Crippen molar-refractivity contribution in [3.8, 4) is 0 Å². The van der Waals surface area contributed by atoms with Crippen molar-refractivity contribution in [1.29, 1.82) is 0 Å². The van der Waals surface area contributed by atoms with Crippen molar-refractivity contribution in [3.63, 3.8) is 0 Å². The average molecular weight is 272 g/mol. The second-order valence-electron chi connectivity index (χ2n) is 7.15. The van der Waals surface area contributed by atoms with Gasteiger partial charge in [-0.25, -0.2) is 0 Å². The van der Waals surface area contributed by atoms with Gasteiger partial charge in [0.2, 0.25) is 0 Å². The normalized spacial score (nSPS) is 13.7. The molecule has 108 valence electrons. The molecule has 0 bridgehead atoms. The highest BCUT2D eigenvalue weighted by Crippen LogP contribution is 2.28. The topological polar surface area (TPSA) is 30.2 Å². The number of rotatable bonds is 4. The molecule has 0 amide bonds. The third-order valence-corrected chi connectivity index (χ3v) is 3.44. The summed E-state index contributed by atoms with van der Waals surface area (Å²) in [4.78, 5) is 12.3. The Labute approximate surface area is 121 Å². The zero-order valence-corrected chi connectivity index (χ0v) is 13.1. The first kappa shape index (κ1) is 14.8. The van der Waals surface area contributed by atoms with Crippen LogP contribution in [0.25, 0.3) is 11.0 Å². The molecule has 1 aromatic heterocycles. The van der Waals surface area contributed by atoms with Gasteiger partial charge in [-0.05, 0) is 42.9 Å². The Bertz CT molecular complexity index is 614. The first-order chi connectivity index (χ1) is 9.24. The Kier molecular flexibility index (Phi) is 4.03. The minimum atomic E-state index is 0.107. The van der Waals surface area contributed by atoms with Crippen LogP contribution in [-0.2, 0) is 0 Å². The summed E-state index contributed by atoms with van der Waals surface area (Å²) in [6.07, 6.45) is 1.59. The number of fused-ring (bicyclic) bond motifs is 1. The lowest BCUT2D eigenvalue weighted by Gasteiger charge is -2.22. The van der Waals surface area contributed by atoms with Gasteiger partial charge < -0.3 is 4.42 Å². The van der Waals surface area contributed by atoms with E-state index in [0.717, 1.165) is 17.4 Å². The average Bonchev–Trinajstić information content (AvgIpc) is 2.68. The summed E-state index contributed by atoms with van der Waals surface area (Å²) in [5.74, 6) is 0.972. The van der Waals surface area contributed by atoms with E-state index in [1.807, 2.05) is 31.2 Å². The maximum atomic E-state index is 12.3. The van der Waals surface area contributed by atoms with Crippen LogP contribution in [0, 0.1) is 18.3 Å². The van der Waals surface area contributed by atoms with Crippen LogP contribution in [0.1, 0.15) is 56.7 Å². The number of benzene rings is 1. The lowest BCUT2D eigenvalue weighted by molar-refractivity contribution is 0.0929. The van der Waals surface area contributed by atoms with Crippen LogP contribution in [0.3, 0.4) is 0 Å². The van der Waals surface area contributed by atoms with Crippen LogP contribution in [-0.4, -0.2) is 5.78 Å². The van der Waals surface area contributed by atoms with E-state index in [1.165, 1.54) is 5.56 Å². The van der Waals surface area contributed by atoms with Crippen LogP contribution in [0.15, 0.2) is 28.7 Å². The second kappa shape index (κ2) is 5.43. The second-order valence-corrected chi connectivity index (χ2v) is 7.15. The van der Waals surface area contributed by atoms with Gasteiger partial charge in [0.25, 0.3) is 0 Å². The molecule has 1 heterocycles. The van der Waals surface area contributed by atoms with Crippen LogP contribution in [0.5, 0.6) is 0 Å². The van der Waals surface area contributed by atoms with Crippen LogP contribution in [0.4, 0.5) is 0 Å². The molecule has 2 aromatic rings. The van der Waals surface area contributed by atoms with Crippen LogP contribution in [0.2, 0.25) is 0 Å². The van der Waals surface area contributed by atoms with E-state index >= 15 is 0 Å². The van der Waals surface area contributed by atoms with Crippen molar-refractivity contribution in [2.75, 3.05) is 0 Å². The number of Topliss-reactive ketones (excluding diaryl/α,β-unsaturated/α-hetero) is 1. The number of furan rings is 1. The predicted octanol–water partition coefficient (Wildman–Crippen LogP) is 5.39. The van der Waals surface area contributed by atoms with Gasteiger partial charge in [-0.3, -0.25) is 4.79 Å². The molecule has 20 heavy (non-hydrogen) atoms. The van der Waals surface area contributed by atoms with E-state index < -0.39 is 0 Å². The first-order valence-electron chi connectivity index (χ1n) is 7.28. The lowest BCUT2D eigenvalue weighted by Crippen LogP contribution is -2.14. The Hall–Kier alpha value is -1.57. The Morgan fingerprint density at radius 2 is 1.95 bits per heavy atom. The maximum Gasteiger partial charge on any atom is 0.198 e. The van der Waals surface area contributed by atoms with E-state index in [0.29, 0.717) is 18.1 Å². The fourth-order valence-corrected chi connectivity index (χ4v) is 2.83. The molecule has 0 fully saturated rings. The number of aryl methyl sites for hydroxylation is 1. The number of carbonyl (C=O) groups excluding carboxylic acids is 1. The number of hydrogen-bond donors (Lipinski definition) is 0. The molecule has 2 rings (SSSR count). The third-order valence-electron chi connectivity index (χ3n) is 3.44. The quantitative estimate of drug-likeness (QED) is 0.699. The monoisotopic (exact) mass is 272 g/mol. The van der Waals surface area contributed by atoms with Gasteiger partial charge in [-0.2, -0.15) is 0 Å². The highest BCUT2D eigenvalue weighted by molar-refractivity contribution is 5.97. The summed E-state index contributed by atoms with van der Waals surface area (Å²) < 4.78 is 5.67. The molecular formula is C18H24O2. The van der Waals surface area contributed by atoms with E-state index in [-0.39, 0.29) is 11.2 Å². The van der Waals surface area contributed by atoms with Gasteiger partial charge in [0.1, 0.15) is 5.58 Å². The molecule has 0 aliphatic heterocycles. The fraction of sp³-hybridized carbons (Fsp3) is 0.500. The Balaban J connectivity index is 2.11. The van der Waals surface area contributed by atoms with Crippen molar-refractivity contribution in [3.05, 3.63) is 35.6 Å². The van der Waals surface area contributed by atoms with Crippen molar-refractivity contribution in [2.24, 2.45) is 11.3 Å². The number of hydrogen-bond acceptors (Lipinski definition) is 2. The molecule has 0 radical (unpaired) electrons. The van der Waals surface area contributed by atoms with E-state index in [2.05, 4.69) is 27.7 Å². The molecule has 1 atom stereocenters.